The van der Waals surface area contributed by atoms with E-state index in [0.29, 0.717) is 12.4 Å². The van der Waals surface area contributed by atoms with Crippen molar-refractivity contribution in [2.75, 3.05) is 10.7 Å². The Morgan fingerprint density at radius 1 is 1.25 bits per heavy atom. The van der Waals surface area contributed by atoms with Gasteiger partial charge in [0.25, 0.3) is 0 Å². The summed E-state index contributed by atoms with van der Waals surface area (Å²) in [5.41, 5.74) is 5.23. The number of nitrogens with zero attached hydrogens (tertiary/aromatic N) is 3. The summed E-state index contributed by atoms with van der Waals surface area (Å²) in [6.45, 7) is 8.85. The molecule has 108 valence electrons. The van der Waals surface area contributed by atoms with Crippen LogP contribution in [0.15, 0.2) is 11.7 Å². The van der Waals surface area contributed by atoms with E-state index in [1.54, 1.807) is 11.3 Å². The van der Waals surface area contributed by atoms with E-state index in [1.165, 1.54) is 0 Å². The molecular formula is C13H20N6S. The Kier molecular flexibility index (Phi) is 4.20. The van der Waals surface area contributed by atoms with Gasteiger partial charge >= 0.3 is 0 Å². The number of hydrogen-bond donors (Lipinski definition) is 3. The van der Waals surface area contributed by atoms with E-state index in [9.17, 15) is 0 Å². The lowest BCUT2D eigenvalue weighted by Crippen LogP contribution is -2.21. The molecule has 0 atom stereocenters. The van der Waals surface area contributed by atoms with E-state index < -0.39 is 0 Å². The van der Waals surface area contributed by atoms with Gasteiger partial charge in [0.05, 0.1) is 12.1 Å². The van der Waals surface area contributed by atoms with Gasteiger partial charge in [-0.15, -0.1) is 11.3 Å². The fourth-order valence-corrected chi connectivity index (χ4v) is 2.20. The number of hydrazine groups is 1. The summed E-state index contributed by atoms with van der Waals surface area (Å²) in [6, 6.07) is 0. The number of nitrogens with two attached hydrogens (primary N) is 1. The summed E-state index contributed by atoms with van der Waals surface area (Å²) in [4.78, 5) is 14.3. The third kappa shape index (κ3) is 3.23. The number of nitrogens with one attached hydrogen (secondary N) is 2. The molecule has 2 rings (SSSR count). The average Bonchev–Trinajstić information content (AvgIpc) is 2.89. The van der Waals surface area contributed by atoms with Crippen molar-refractivity contribution in [1.82, 2.24) is 15.0 Å². The van der Waals surface area contributed by atoms with Crippen molar-refractivity contribution in [2.45, 2.75) is 39.7 Å². The van der Waals surface area contributed by atoms with Gasteiger partial charge in [-0.25, -0.2) is 15.8 Å². The van der Waals surface area contributed by atoms with Gasteiger partial charge in [-0.05, 0) is 6.92 Å². The molecule has 7 heteroatoms. The zero-order chi connectivity index (χ0) is 14.8. The monoisotopic (exact) mass is 292 g/mol. The first-order valence-electron chi connectivity index (χ1n) is 6.39. The molecule has 2 aromatic rings. The lowest BCUT2D eigenvalue weighted by molar-refractivity contribution is 0.546. The van der Waals surface area contributed by atoms with Crippen LogP contribution in [0.4, 0.5) is 11.6 Å². The summed E-state index contributed by atoms with van der Waals surface area (Å²) in [6.07, 6.45) is 1.85. The van der Waals surface area contributed by atoms with Crippen molar-refractivity contribution in [2.24, 2.45) is 5.84 Å². The molecule has 2 heterocycles. The van der Waals surface area contributed by atoms with Crippen LogP contribution in [0.2, 0.25) is 0 Å². The molecule has 4 N–H and O–H groups in total. The second kappa shape index (κ2) is 5.72. The maximum atomic E-state index is 5.55. The zero-order valence-electron chi connectivity index (χ0n) is 12.2. The van der Waals surface area contributed by atoms with Crippen molar-refractivity contribution in [3.05, 3.63) is 28.0 Å². The van der Waals surface area contributed by atoms with Gasteiger partial charge in [0.2, 0.25) is 0 Å². The number of anilines is 2. The minimum absolute atomic E-state index is 0.139. The molecular weight excluding hydrogens is 272 g/mol. The van der Waals surface area contributed by atoms with E-state index in [-0.39, 0.29) is 5.41 Å². The Balaban J connectivity index is 2.30. The van der Waals surface area contributed by atoms with Gasteiger partial charge in [-0.2, -0.15) is 0 Å². The van der Waals surface area contributed by atoms with Gasteiger partial charge < -0.3 is 10.7 Å². The summed E-state index contributed by atoms with van der Waals surface area (Å²) in [5, 5.41) is 3.33. The van der Waals surface area contributed by atoms with E-state index in [0.717, 1.165) is 22.1 Å². The first-order valence-corrected chi connectivity index (χ1v) is 7.26. The van der Waals surface area contributed by atoms with Crippen LogP contribution in [0.25, 0.3) is 0 Å². The summed E-state index contributed by atoms with van der Waals surface area (Å²) in [5.74, 6) is 7.75. The fraction of sp³-hybridized carbons (Fsp3) is 0.462. The number of nitrogen functional groups attached to an aromatic ring is 1. The maximum absolute atomic E-state index is 5.55. The van der Waals surface area contributed by atoms with E-state index >= 15 is 0 Å². The standard InChI is InChI=1S/C13H20N6S/c1-8-10(16-6-9-5-15-7-20-9)17-12(13(2,3)4)18-11(8)19-14/h5,7H,6,14H2,1-4H3,(H2,16,17,18,19). The lowest BCUT2D eigenvalue weighted by atomic mass is 9.95. The van der Waals surface area contributed by atoms with Crippen molar-refractivity contribution in [3.8, 4) is 0 Å². The van der Waals surface area contributed by atoms with Crippen molar-refractivity contribution in [3.63, 3.8) is 0 Å². The molecule has 0 unspecified atom stereocenters. The molecule has 0 amide bonds. The van der Waals surface area contributed by atoms with Gasteiger partial charge in [0.15, 0.2) is 0 Å². The Bertz CT molecular complexity index is 573. The molecule has 0 bridgehead atoms. The van der Waals surface area contributed by atoms with E-state index in [2.05, 4.69) is 46.5 Å². The molecule has 6 nitrogen and oxygen atoms in total. The van der Waals surface area contributed by atoms with Crippen LogP contribution in [-0.4, -0.2) is 15.0 Å². The van der Waals surface area contributed by atoms with E-state index in [4.69, 9.17) is 5.84 Å². The van der Waals surface area contributed by atoms with Gasteiger partial charge in [-0.3, -0.25) is 4.98 Å². The summed E-state index contributed by atoms with van der Waals surface area (Å²) in [7, 11) is 0. The predicted molar refractivity (Wildman–Crippen MR) is 82.7 cm³/mol. The Labute approximate surface area is 122 Å². The highest BCUT2D eigenvalue weighted by atomic mass is 32.1. The molecule has 0 saturated heterocycles. The Morgan fingerprint density at radius 3 is 2.50 bits per heavy atom. The van der Waals surface area contributed by atoms with Crippen LogP contribution >= 0.6 is 11.3 Å². The Morgan fingerprint density at radius 2 is 1.95 bits per heavy atom. The highest BCUT2D eigenvalue weighted by Crippen LogP contribution is 2.26. The molecule has 0 spiro atoms. The number of aromatic nitrogens is 3. The number of rotatable bonds is 4. The summed E-state index contributed by atoms with van der Waals surface area (Å²) >= 11 is 1.61. The second-order valence-electron chi connectivity index (χ2n) is 5.59. The van der Waals surface area contributed by atoms with Gasteiger partial charge in [0, 0.05) is 22.1 Å². The van der Waals surface area contributed by atoms with Crippen LogP contribution in [-0.2, 0) is 12.0 Å². The molecule has 0 aliphatic heterocycles. The highest BCUT2D eigenvalue weighted by molar-refractivity contribution is 7.09. The molecule has 0 fully saturated rings. The van der Waals surface area contributed by atoms with Crippen molar-refractivity contribution < 1.29 is 0 Å². The Hall–Kier alpha value is -1.73. The van der Waals surface area contributed by atoms with Crippen LogP contribution in [0.1, 0.15) is 37.0 Å². The lowest BCUT2D eigenvalue weighted by Gasteiger charge is -2.20. The maximum Gasteiger partial charge on any atom is 0.148 e. The normalized spacial score (nSPS) is 11.4. The second-order valence-corrected chi connectivity index (χ2v) is 6.56. The van der Waals surface area contributed by atoms with Crippen LogP contribution in [0, 0.1) is 6.92 Å². The average molecular weight is 292 g/mol. The van der Waals surface area contributed by atoms with Gasteiger partial charge in [0.1, 0.15) is 17.5 Å². The third-order valence-corrected chi connectivity index (χ3v) is 3.65. The molecule has 0 aliphatic rings. The minimum Gasteiger partial charge on any atom is -0.365 e. The van der Waals surface area contributed by atoms with Crippen LogP contribution in [0.3, 0.4) is 0 Å². The first kappa shape index (κ1) is 14.7. The van der Waals surface area contributed by atoms with Crippen LogP contribution < -0.4 is 16.6 Å². The fourth-order valence-electron chi connectivity index (χ4n) is 1.66. The zero-order valence-corrected chi connectivity index (χ0v) is 13.0. The molecule has 0 radical (unpaired) electrons. The SMILES string of the molecule is Cc1c(NN)nc(C(C)(C)C)nc1NCc1cncs1. The predicted octanol–water partition coefficient (Wildman–Crippen LogP) is 2.44. The smallest absolute Gasteiger partial charge is 0.148 e. The van der Waals surface area contributed by atoms with Crippen molar-refractivity contribution >= 4 is 23.0 Å². The molecule has 2 aromatic heterocycles. The quantitative estimate of drug-likeness (QED) is 0.592. The topological polar surface area (TPSA) is 88.8 Å². The van der Waals surface area contributed by atoms with Gasteiger partial charge in [-0.1, -0.05) is 20.8 Å². The highest BCUT2D eigenvalue weighted by Gasteiger charge is 2.20. The summed E-state index contributed by atoms with van der Waals surface area (Å²) < 4.78 is 0. The molecule has 0 aromatic carbocycles. The number of hydrogen-bond acceptors (Lipinski definition) is 7. The third-order valence-electron chi connectivity index (χ3n) is 2.87. The van der Waals surface area contributed by atoms with Crippen molar-refractivity contribution in [1.29, 1.82) is 0 Å². The molecule has 0 saturated carbocycles. The van der Waals surface area contributed by atoms with Crippen LogP contribution in [0.5, 0.6) is 0 Å². The largest absolute Gasteiger partial charge is 0.365 e. The van der Waals surface area contributed by atoms with E-state index in [1.807, 2.05) is 18.6 Å². The molecule has 20 heavy (non-hydrogen) atoms. The molecule has 0 aliphatic carbocycles. The minimum atomic E-state index is -0.139. The first-order chi connectivity index (χ1) is 9.41. The number of thiazole rings is 1.